The van der Waals surface area contributed by atoms with E-state index in [1.807, 2.05) is 17.0 Å². The van der Waals surface area contributed by atoms with Crippen LogP contribution < -0.4 is 9.47 Å². The summed E-state index contributed by atoms with van der Waals surface area (Å²) in [7, 11) is 3.22. The minimum Gasteiger partial charge on any atom is -0.496 e. The Balaban J connectivity index is 2.26. The Morgan fingerprint density at radius 1 is 1.33 bits per heavy atom. The molecule has 1 aromatic rings. The Labute approximate surface area is 133 Å². The molecule has 0 saturated carbocycles. The molecule has 116 valence electrons. The number of carboxylic acid groups (broad SMARTS) is 1. The second-order valence-corrected chi connectivity index (χ2v) is 5.97. The molecule has 1 heterocycles. The van der Waals surface area contributed by atoms with Gasteiger partial charge in [0.05, 0.1) is 18.7 Å². The van der Waals surface area contributed by atoms with Crippen molar-refractivity contribution in [3.05, 3.63) is 22.2 Å². The minimum absolute atomic E-state index is 0.418. The van der Waals surface area contributed by atoms with Crippen molar-refractivity contribution in [2.75, 3.05) is 20.8 Å². The molecule has 1 saturated heterocycles. The number of ether oxygens (including phenoxy) is 2. The SMILES string of the molecule is COc1cc(CN2CCCCC2C(=O)O)c(OC)cc1Br. The normalized spacial score (nSPS) is 19.3. The molecule has 0 radical (unpaired) electrons. The maximum Gasteiger partial charge on any atom is 0.320 e. The fourth-order valence-electron chi connectivity index (χ4n) is 2.73. The number of hydrogen-bond donors (Lipinski definition) is 1. The number of likely N-dealkylation sites (tertiary alicyclic amines) is 1. The lowest BCUT2D eigenvalue weighted by molar-refractivity contribution is -0.144. The van der Waals surface area contributed by atoms with Gasteiger partial charge in [0.2, 0.25) is 0 Å². The molecule has 5 nitrogen and oxygen atoms in total. The van der Waals surface area contributed by atoms with Crippen molar-refractivity contribution in [3.8, 4) is 11.5 Å². The highest BCUT2D eigenvalue weighted by molar-refractivity contribution is 9.10. The van der Waals surface area contributed by atoms with Gasteiger partial charge in [-0.25, -0.2) is 0 Å². The van der Waals surface area contributed by atoms with Crippen LogP contribution in [0, 0.1) is 0 Å². The number of aliphatic carboxylic acids is 1. The first-order valence-corrected chi connectivity index (χ1v) is 7.73. The van der Waals surface area contributed by atoms with Crippen LogP contribution in [0.2, 0.25) is 0 Å². The molecular weight excluding hydrogens is 338 g/mol. The fourth-order valence-corrected chi connectivity index (χ4v) is 3.21. The zero-order valence-corrected chi connectivity index (χ0v) is 13.9. The fraction of sp³-hybridized carbons (Fsp3) is 0.533. The van der Waals surface area contributed by atoms with E-state index < -0.39 is 12.0 Å². The first-order chi connectivity index (χ1) is 10.1. The summed E-state index contributed by atoms with van der Waals surface area (Å²) in [4.78, 5) is 13.4. The third-order valence-corrected chi connectivity index (χ3v) is 4.45. The van der Waals surface area contributed by atoms with Gasteiger partial charge in [-0.2, -0.15) is 0 Å². The molecule has 1 aliphatic heterocycles. The summed E-state index contributed by atoms with van der Waals surface area (Å²) in [5.41, 5.74) is 0.936. The number of methoxy groups -OCH3 is 2. The second-order valence-electron chi connectivity index (χ2n) is 5.12. The molecule has 0 spiro atoms. The van der Waals surface area contributed by atoms with E-state index in [1.54, 1.807) is 14.2 Å². The Morgan fingerprint density at radius 2 is 2.05 bits per heavy atom. The largest absolute Gasteiger partial charge is 0.496 e. The van der Waals surface area contributed by atoms with Crippen LogP contribution in [0.3, 0.4) is 0 Å². The molecule has 0 amide bonds. The van der Waals surface area contributed by atoms with Crippen LogP contribution in [0.25, 0.3) is 0 Å². The molecule has 0 aromatic heterocycles. The molecule has 6 heteroatoms. The summed E-state index contributed by atoms with van der Waals surface area (Å²) in [6.45, 7) is 1.34. The number of carbonyl (C=O) groups is 1. The smallest absolute Gasteiger partial charge is 0.320 e. The highest BCUT2D eigenvalue weighted by Gasteiger charge is 2.29. The third kappa shape index (κ3) is 3.68. The van der Waals surface area contributed by atoms with E-state index >= 15 is 0 Å². The van der Waals surface area contributed by atoms with Crippen molar-refractivity contribution in [2.24, 2.45) is 0 Å². The van der Waals surface area contributed by atoms with E-state index in [1.165, 1.54) is 0 Å². The molecule has 0 aliphatic carbocycles. The molecule has 1 fully saturated rings. The molecule has 0 bridgehead atoms. The summed E-state index contributed by atoms with van der Waals surface area (Å²) < 4.78 is 11.5. The van der Waals surface area contributed by atoms with Crippen molar-refractivity contribution in [3.63, 3.8) is 0 Å². The van der Waals surface area contributed by atoms with E-state index in [9.17, 15) is 9.90 Å². The molecule has 21 heavy (non-hydrogen) atoms. The Bertz CT molecular complexity index is 521. The van der Waals surface area contributed by atoms with Crippen LogP contribution in [0.5, 0.6) is 11.5 Å². The average Bonchev–Trinajstić information content (AvgIpc) is 2.48. The lowest BCUT2D eigenvalue weighted by Gasteiger charge is -2.33. The maximum absolute atomic E-state index is 11.4. The van der Waals surface area contributed by atoms with Gasteiger partial charge < -0.3 is 14.6 Å². The topological polar surface area (TPSA) is 59.0 Å². The van der Waals surface area contributed by atoms with Gasteiger partial charge in [-0.1, -0.05) is 6.42 Å². The van der Waals surface area contributed by atoms with Crippen LogP contribution in [-0.2, 0) is 11.3 Å². The zero-order chi connectivity index (χ0) is 15.4. The number of halogens is 1. The van der Waals surface area contributed by atoms with Crippen molar-refractivity contribution in [1.82, 2.24) is 4.90 Å². The van der Waals surface area contributed by atoms with E-state index in [0.717, 1.165) is 40.9 Å². The summed E-state index contributed by atoms with van der Waals surface area (Å²) in [6.07, 6.45) is 2.69. The number of rotatable bonds is 5. The standard InChI is InChI=1S/C15H20BrNO4/c1-20-13-8-11(16)14(21-2)7-10(13)9-17-6-4-3-5-12(17)15(18)19/h7-8,12H,3-6,9H2,1-2H3,(H,18,19). The Kier molecular flexibility index (Phi) is 5.47. The molecule has 2 rings (SSSR count). The number of benzene rings is 1. The van der Waals surface area contributed by atoms with Gasteiger partial charge in [0.15, 0.2) is 0 Å². The van der Waals surface area contributed by atoms with Crippen LogP contribution in [-0.4, -0.2) is 42.8 Å². The van der Waals surface area contributed by atoms with Crippen molar-refractivity contribution < 1.29 is 19.4 Å². The van der Waals surface area contributed by atoms with E-state index in [0.29, 0.717) is 13.0 Å². The quantitative estimate of drug-likeness (QED) is 0.877. The van der Waals surface area contributed by atoms with Gasteiger partial charge in [0.1, 0.15) is 17.5 Å². The zero-order valence-electron chi connectivity index (χ0n) is 12.3. The van der Waals surface area contributed by atoms with Crippen molar-refractivity contribution >= 4 is 21.9 Å². The van der Waals surface area contributed by atoms with Gasteiger partial charge in [0.25, 0.3) is 0 Å². The van der Waals surface area contributed by atoms with E-state index in [-0.39, 0.29) is 0 Å². The van der Waals surface area contributed by atoms with Crippen molar-refractivity contribution in [1.29, 1.82) is 0 Å². The molecule has 1 atom stereocenters. The van der Waals surface area contributed by atoms with E-state index in [4.69, 9.17) is 9.47 Å². The Hall–Kier alpha value is -1.27. The van der Waals surface area contributed by atoms with Gasteiger partial charge in [-0.3, -0.25) is 9.69 Å². The lowest BCUT2D eigenvalue weighted by atomic mass is 10.0. The molecule has 1 aromatic carbocycles. The first-order valence-electron chi connectivity index (χ1n) is 6.94. The van der Waals surface area contributed by atoms with Gasteiger partial charge in [0, 0.05) is 12.1 Å². The monoisotopic (exact) mass is 357 g/mol. The van der Waals surface area contributed by atoms with Crippen LogP contribution in [0.4, 0.5) is 0 Å². The van der Waals surface area contributed by atoms with Crippen molar-refractivity contribution in [2.45, 2.75) is 31.8 Å². The molecule has 1 unspecified atom stereocenters. The predicted molar refractivity (Wildman–Crippen MR) is 82.9 cm³/mol. The van der Waals surface area contributed by atoms with Gasteiger partial charge >= 0.3 is 5.97 Å². The summed E-state index contributed by atoms with van der Waals surface area (Å²) >= 11 is 3.43. The number of carboxylic acids is 1. The Morgan fingerprint density at radius 3 is 2.67 bits per heavy atom. The maximum atomic E-state index is 11.4. The van der Waals surface area contributed by atoms with Crippen LogP contribution in [0.1, 0.15) is 24.8 Å². The third-order valence-electron chi connectivity index (χ3n) is 3.83. The molecule has 1 N–H and O–H groups in total. The van der Waals surface area contributed by atoms with Crippen LogP contribution >= 0.6 is 15.9 Å². The number of piperidine rings is 1. The summed E-state index contributed by atoms with van der Waals surface area (Å²) in [5.74, 6) is 0.699. The predicted octanol–water partition coefficient (Wildman–Crippen LogP) is 2.91. The van der Waals surface area contributed by atoms with E-state index in [2.05, 4.69) is 15.9 Å². The van der Waals surface area contributed by atoms with Gasteiger partial charge in [-0.15, -0.1) is 0 Å². The molecule has 1 aliphatic rings. The minimum atomic E-state index is -0.752. The highest BCUT2D eigenvalue weighted by Crippen LogP contribution is 2.34. The summed E-state index contributed by atoms with van der Waals surface area (Å²) in [5, 5.41) is 9.35. The highest BCUT2D eigenvalue weighted by atomic mass is 79.9. The van der Waals surface area contributed by atoms with Crippen LogP contribution in [0.15, 0.2) is 16.6 Å². The molecular formula is C15H20BrNO4. The number of hydrogen-bond acceptors (Lipinski definition) is 4. The average molecular weight is 358 g/mol. The summed E-state index contributed by atoms with van der Waals surface area (Å²) in [6, 6.07) is 3.34. The second kappa shape index (κ2) is 7.13. The number of nitrogens with zero attached hydrogens (tertiary/aromatic N) is 1. The van der Waals surface area contributed by atoms with Gasteiger partial charge in [-0.05, 0) is 47.4 Å². The first kappa shape index (κ1) is 16.1. The lowest BCUT2D eigenvalue weighted by Crippen LogP contribution is -2.44.